The summed E-state index contributed by atoms with van der Waals surface area (Å²) in [6.45, 7) is 10.6. The molecule has 0 rings (SSSR count). The Labute approximate surface area is 105 Å². The van der Waals surface area contributed by atoms with E-state index in [0.717, 1.165) is 32.2 Å². The molecule has 0 aliphatic heterocycles. The van der Waals surface area contributed by atoms with E-state index in [2.05, 4.69) is 18.5 Å². The minimum absolute atomic E-state index is 0.313. The van der Waals surface area contributed by atoms with E-state index in [1.807, 2.05) is 12.2 Å². The topological polar surface area (TPSA) is 49.3 Å². The van der Waals surface area contributed by atoms with E-state index in [1.165, 1.54) is 0 Å². The maximum atomic E-state index is 10.6. The molecule has 0 spiro atoms. The number of carboxylic acid groups (broad SMARTS) is 1. The second-order valence-corrected chi connectivity index (χ2v) is 4.50. The van der Waals surface area contributed by atoms with Crippen LogP contribution < -0.4 is 5.32 Å². The lowest BCUT2D eigenvalue weighted by Gasteiger charge is -2.13. The molecule has 0 aromatic rings. The molecule has 0 aliphatic carbocycles. The van der Waals surface area contributed by atoms with Crippen molar-refractivity contribution in [3.63, 3.8) is 0 Å². The predicted molar refractivity (Wildman–Crippen MR) is 72.0 cm³/mol. The van der Waals surface area contributed by atoms with Crippen LogP contribution in [0.3, 0.4) is 0 Å². The highest BCUT2D eigenvalue weighted by Crippen LogP contribution is 2.16. The number of carboxylic acids is 1. The zero-order chi connectivity index (χ0) is 13.1. The van der Waals surface area contributed by atoms with Crippen LogP contribution in [0.1, 0.15) is 32.6 Å². The lowest BCUT2D eigenvalue weighted by Crippen LogP contribution is -2.27. The largest absolute Gasteiger partial charge is 0.481 e. The van der Waals surface area contributed by atoms with E-state index < -0.39 is 5.97 Å². The first kappa shape index (κ1) is 15.9. The zero-order valence-electron chi connectivity index (χ0n) is 10.8. The molecule has 0 heterocycles. The van der Waals surface area contributed by atoms with E-state index in [9.17, 15) is 4.79 Å². The SMILES string of the molecule is C=CCC(CC=C)CCCNCC(C)C(=O)O. The van der Waals surface area contributed by atoms with Gasteiger partial charge in [-0.15, -0.1) is 13.2 Å². The van der Waals surface area contributed by atoms with Crippen molar-refractivity contribution in [3.8, 4) is 0 Å². The van der Waals surface area contributed by atoms with Crippen LogP contribution in [0.25, 0.3) is 0 Å². The number of aliphatic carboxylic acids is 1. The van der Waals surface area contributed by atoms with Crippen LogP contribution in [0, 0.1) is 11.8 Å². The van der Waals surface area contributed by atoms with Crippen LogP contribution in [0.15, 0.2) is 25.3 Å². The minimum atomic E-state index is -0.742. The van der Waals surface area contributed by atoms with Gasteiger partial charge in [0.15, 0.2) is 0 Å². The quantitative estimate of drug-likeness (QED) is 0.430. The average molecular weight is 239 g/mol. The molecule has 0 aromatic carbocycles. The highest BCUT2D eigenvalue weighted by atomic mass is 16.4. The summed E-state index contributed by atoms with van der Waals surface area (Å²) in [5, 5.41) is 11.9. The molecule has 17 heavy (non-hydrogen) atoms. The third-order valence-corrected chi connectivity index (χ3v) is 2.84. The van der Waals surface area contributed by atoms with Crippen molar-refractivity contribution in [2.24, 2.45) is 11.8 Å². The van der Waals surface area contributed by atoms with Gasteiger partial charge in [0.2, 0.25) is 0 Å². The zero-order valence-corrected chi connectivity index (χ0v) is 10.8. The van der Waals surface area contributed by atoms with E-state index in [0.29, 0.717) is 12.5 Å². The first-order valence-corrected chi connectivity index (χ1v) is 6.27. The van der Waals surface area contributed by atoms with Crippen LogP contribution in [-0.2, 0) is 4.79 Å². The Kier molecular flexibility index (Phi) is 9.44. The molecule has 1 unspecified atom stereocenters. The summed E-state index contributed by atoms with van der Waals surface area (Å²) >= 11 is 0. The van der Waals surface area contributed by atoms with Crippen LogP contribution >= 0.6 is 0 Å². The molecule has 0 fully saturated rings. The van der Waals surface area contributed by atoms with Gasteiger partial charge in [0.25, 0.3) is 0 Å². The van der Waals surface area contributed by atoms with Gasteiger partial charge < -0.3 is 10.4 Å². The van der Waals surface area contributed by atoms with Crippen molar-refractivity contribution in [1.82, 2.24) is 5.32 Å². The van der Waals surface area contributed by atoms with E-state index in [-0.39, 0.29) is 5.92 Å². The number of allylic oxidation sites excluding steroid dienone is 2. The van der Waals surface area contributed by atoms with Crippen molar-refractivity contribution < 1.29 is 9.90 Å². The van der Waals surface area contributed by atoms with Crippen molar-refractivity contribution in [1.29, 1.82) is 0 Å². The minimum Gasteiger partial charge on any atom is -0.481 e. The smallest absolute Gasteiger partial charge is 0.307 e. The maximum Gasteiger partial charge on any atom is 0.307 e. The summed E-state index contributed by atoms with van der Waals surface area (Å²) in [7, 11) is 0. The number of hydrogen-bond acceptors (Lipinski definition) is 2. The normalized spacial score (nSPS) is 12.4. The number of hydrogen-bond donors (Lipinski definition) is 2. The maximum absolute atomic E-state index is 10.6. The third-order valence-electron chi connectivity index (χ3n) is 2.84. The number of carbonyl (C=O) groups is 1. The van der Waals surface area contributed by atoms with E-state index in [4.69, 9.17) is 5.11 Å². The number of nitrogens with one attached hydrogen (secondary N) is 1. The van der Waals surface area contributed by atoms with Gasteiger partial charge in [-0.2, -0.15) is 0 Å². The van der Waals surface area contributed by atoms with Gasteiger partial charge in [0.05, 0.1) is 5.92 Å². The van der Waals surface area contributed by atoms with Crippen LogP contribution in [0.4, 0.5) is 0 Å². The first-order valence-electron chi connectivity index (χ1n) is 6.27. The van der Waals surface area contributed by atoms with Crippen LogP contribution in [0.2, 0.25) is 0 Å². The van der Waals surface area contributed by atoms with Gasteiger partial charge in [-0.25, -0.2) is 0 Å². The second-order valence-electron chi connectivity index (χ2n) is 4.50. The number of rotatable bonds is 11. The fraction of sp³-hybridized carbons (Fsp3) is 0.643. The molecule has 0 saturated heterocycles. The summed E-state index contributed by atoms with van der Waals surface area (Å²) in [5.74, 6) is -0.426. The molecule has 3 heteroatoms. The molecular formula is C14H25NO2. The van der Waals surface area contributed by atoms with Crippen LogP contribution in [0.5, 0.6) is 0 Å². The Hall–Kier alpha value is -1.09. The summed E-state index contributed by atoms with van der Waals surface area (Å²) < 4.78 is 0. The summed E-state index contributed by atoms with van der Waals surface area (Å²) in [4.78, 5) is 10.6. The van der Waals surface area contributed by atoms with Gasteiger partial charge in [-0.3, -0.25) is 4.79 Å². The third kappa shape index (κ3) is 8.69. The van der Waals surface area contributed by atoms with E-state index in [1.54, 1.807) is 6.92 Å². The van der Waals surface area contributed by atoms with Crippen LogP contribution in [-0.4, -0.2) is 24.2 Å². The van der Waals surface area contributed by atoms with Gasteiger partial charge in [-0.1, -0.05) is 19.1 Å². The first-order chi connectivity index (χ1) is 8.11. The van der Waals surface area contributed by atoms with Gasteiger partial charge in [0.1, 0.15) is 0 Å². The van der Waals surface area contributed by atoms with Gasteiger partial charge in [-0.05, 0) is 38.1 Å². The second kappa shape index (κ2) is 10.1. The van der Waals surface area contributed by atoms with E-state index >= 15 is 0 Å². The lowest BCUT2D eigenvalue weighted by atomic mass is 9.96. The van der Waals surface area contributed by atoms with Crippen molar-refractivity contribution in [2.45, 2.75) is 32.6 Å². The Morgan fingerprint density at radius 3 is 2.41 bits per heavy atom. The molecule has 0 radical (unpaired) electrons. The Morgan fingerprint density at radius 1 is 1.35 bits per heavy atom. The molecule has 0 aliphatic rings. The standard InChI is InChI=1S/C14H25NO2/c1-4-7-13(8-5-2)9-6-10-15-11-12(3)14(16)17/h4-5,12-13,15H,1-2,6-11H2,3H3,(H,16,17). The van der Waals surface area contributed by atoms with Gasteiger partial charge in [0, 0.05) is 6.54 Å². The Bertz CT molecular complexity index is 228. The molecule has 0 aromatic heterocycles. The van der Waals surface area contributed by atoms with Gasteiger partial charge >= 0.3 is 5.97 Å². The van der Waals surface area contributed by atoms with Crippen molar-refractivity contribution >= 4 is 5.97 Å². The van der Waals surface area contributed by atoms with Crippen molar-refractivity contribution in [2.75, 3.05) is 13.1 Å². The molecule has 1 atom stereocenters. The molecule has 98 valence electrons. The average Bonchev–Trinajstić information content (AvgIpc) is 2.28. The molecule has 3 nitrogen and oxygen atoms in total. The summed E-state index contributed by atoms with van der Waals surface area (Å²) in [6.07, 6.45) is 8.16. The Morgan fingerprint density at radius 2 is 1.94 bits per heavy atom. The predicted octanol–water partition coefficient (Wildman–Crippen LogP) is 2.85. The molecule has 0 bridgehead atoms. The van der Waals surface area contributed by atoms with Crippen molar-refractivity contribution in [3.05, 3.63) is 25.3 Å². The lowest BCUT2D eigenvalue weighted by molar-refractivity contribution is -0.140. The Balaban J connectivity index is 3.57. The summed E-state index contributed by atoms with van der Waals surface area (Å²) in [6, 6.07) is 0. The fourth-order valence-electron chi connectivity index (χ4n) is 1.72. The monoisotopic (exact) mass is 239 g/mol. The molecular weight excluding hydrogens is 214 g/mol. The highest BCUT2D eigenvalue weighted by Gasteiger charge is 2.09. The molecule has 0 saturated carbocycles. The molecule has 0 amide bonds. The highest BCUT2D eigenvalue weighted by molar-refractivity contribution is 5.69. The summed E-state index contributed by atoms with van der Waals surface area (Å²) in [5.41, 5.74) is 0. The fourth-order valence-corrected chi connectivity index (χ4v) is 1.72. The molecule has 2 N–H and O–H groups in total.